The second-order valence-corrected chi connectivity index (χ2v) is 7.36. The van der Waals surface area contributed by atoms with Crippen LogP contribution < -0.4 is 5.32 Å². The van der Waals surface area contributed by atoms with Gasteiger partial charge in [0, 0.05) is 65.9 Å². The Morgan fingerprint density at radius 3 is 2.79 bits per heavy atom. The van der Waals surface area contributed by atoms with Crippen molar-refractivity contribution >= 4 is 5.96 Å². The molecule has 1 aliphatic heterocycles. The Balaban J connectivity index is 1.44. The van der Waals surface area contributed by atoms with E-state index in [4.69, 9.17) is 9.47 Å². The van der Waals surface area contributed by atoms with Crippen molar-refractivity contribution in [3.8, 4) is 0 Å². The van der Waals surface area contributed by atoms with Crippen molar-refractivity contribution in [1.29, 1.82) is 0 Å². The molecule has 1 N–H and O–H groups in total. The second kappa shape index (κ2) is 11.6. The molecule has 7 nitrogen and oxygen atoms in total. The summed E-state index contributed by atoms with van der Waals surface area (Å²) in [5.41, 5.74) is 2.52. The Labute approximate surface area is 173 Å². The van der Waals surface area contributed by atoms with Gasteiger partial charge in [0.15, 0.2) is 5.96 Å². The Morgan fingerprint density at radius 2 is 2.07 bits per heavy atom. The van der Waals surface area contributed by atoms with Gasteiger partial charge in [0.1, 0.15) is 0 Å². The highest BCUT2D eigenvalue weighted by Crippen LogP contribution is 2.14. The summed E-state index contributed by atoms with van der Waals surface area (Å²) in [6.45, 7) is 5.07. The summed E-state index contributed by atoms with van der Waals surface area (Å²) in [6.07, 6.45) is 9.02. The van der Waals surface area contributed by atoms with Gasteiger partial charge in [-0.15, -0.1) is 0 Å². The van der Waals surface area contributed by atoms with Crippen LogP contribution in [0.5, 0.6) is 0 Å². The number of nitrogens with one attached hydrogen (secondary N) is 1. The number of methoxy groups -OCH3 is 1. The molecular weight excluding hydrogens is 366 g/mol. The van der Waals surface area contributed by atoms with E-state index in [2.05, 4.69) is 49.0 Å². The number of aromatic nitrogens is 2. The van der Waals surface area contributed by atoms with Crippen LogP contribution in [0.1, 0.15) is 30.4 Å². The minimum atomic E-state index is 0.348. The van der Waals surface area contributed by atoms with Crippen LogP contribution >= 0.6 is 0 Å². The van der Waals surface area contributed by atoms with Gasteiger partial charge in [-0.3, -0.25) is 4.99 Å². The molecule has 1 aliphatic rings. The molecule has 0 amide bonds. The summed E-state index contributed by atoms with van der Waals surface area (Å²) in [4.78, 5) is 10.9. The van der Waals surface area contributed by atoms with Crippen molar-refractivity contribution < 1.29 is 9.47 Å². The highest BCUT2D eigenvalue weighted by atomic mass is 16.5. The lowest BCUT2D eigenvalue weighted by Gasteiger charge is -2.34. The van der Waals surface area contributed by atoms with Crippen LogP contribution in [0.4, 0.5) is 0 Å². The summed E-state index contributed by atoms with van der Waals surface area (Å²) >= 11 is 0. The summed E-state index contributed by atoms with van der Waals surface area (Å²) < 4.78 is 13.1. The number of nitrogens with zero attached hydrogens (tertiary/aromatic N) is 4. The molecule has 2 aromatic rings. The van der Waals surface area contributed by atoms with E-state index in [1.807, 2.05) is 25.8 Å². The first kappa shape index (κ1) is 21.3. The lowest BCUT2D eigenvalue weighted by Crippen LogP contribution is -2.46. The van der Waals surface area contributed by atoms with E-state index >= 15 is 0 Å². The molecule has 0 atom stereocenters. The first-order valence-corrected chi connectivity index (χ1v) is 10.4. The smallest absolute Gasteiger partial charge is 0.193 e. The SMILES string of the molecule is CN=C(NCc1cccc(Cn2ccnc2)c1)N1CCC(OCCCOC)CC1. The fourth-order valence-corrected chi connectivity index (χ4v) is 3.63. The number of benzene rings is 1. The summed E-state index contributed by atoms with van der Waals surface area (Å²) in [5, 5.41) is 3.52. The fourth-order valence-electron chi connectivity index (χ4n) is 3.63. The maximum atomic E-state index is 5.96. The zero-order chi connectivity index (χ0) is 20.3. The van der Waals surface area contributed by atoms with Crippen LogP contribution in [0.25, 0.3) is 0 Å². The Hall–Kier alpha value is -2.38. The number of piperidine rings is 1. The molecule has 1 aromatic carbocycles. The predicted molar refractivity (Wildman–Crippen MR) is 115 cm³/mol. The van der Waals surface area contributed by atoms with Gasteiger partial charge in [-0.05, 0) is 30.4 Å². The predicted octanol–water partition coefficient (Wildman–Crippen LogP) is 2.52. The molecule has 0 saturated carbocycles. The zero-order valence-electron chi connectivity index (χ0n) is 17.6. The van der Waals surface area contributed by atoms with Crippen LogP contribution in [0.15, 0.2) is 48.0 Å². The number of likely N-dealkylation sites (tertiary alicyclic amines) is 1. The van der Waals surface area contributed by atoms with Gasteiger partial charge in [0.25, 0.3) is 0 Å². The third kappa shape index (κ3) is 6.87. The van der Waals surface area contributed by atoms with E-state index in [0.29, 0.717) is 6.10 Å². The van der Waals surface area contributed by atoms with E-state index in [9.17, 15) is 0 Å². The molecule has 29 heavy (non-hydrogen) atoms. The van der Waals surface area contributed by atoms with Crippen molar-refractivity contribution in [1.82, 2.24) is 19.8 Å². The fraction of sp³-hybridized carbons (Fsp3) is 0.545. The van der Waals surface area contributed by atoms with Crippen LogP contribution in [-0.4, -0.2) is 67.0 Å². The highest BCUT2D eigenvalue weighted by molar-refractivity contribution is 5.79. The molecule has 0 unspecified atom stereocenters. The molecule has 0 bridgehead atoms. The molecule has 7 heteroatoms. The van der Waals surface area contributed by atoms with Gasteiger partial charge in [-0.1, -0.05) is 24.3 Å². The number of hydrogen-bond donors (Lipinski definition) is 1. The van der Waals surface area contributed by atoms with Crippen molar-refractivity contribution in [2.24, 2.45) is 4.99 Å². The molecule has 2 heterocycles. The molecule has 0 aliphatic carbocycles. The molecule has 1 aromatic heterocycles. The maximum absolute atomic E-state index is 5.96. The molecule has 1 saturated heterocycles. The summed E-state index contributed by atoms with van der Waals surface area (Å²) in [5.74, 6) is 0.961. The number of aliphatic imine (C=N–C) groups is 1. The molecule has 3 rings (SSSR count). The largest absolute Gasteiger partial charge is 0.385 e. The monoisotopic (exact) mass is 399 g/mol. The van der Waals surface area contributed by atoms with Crippen LogP contribution in [-0.2, 0) is 22.6 Å². The topological polar surface area (TPSA) is 63.9 Å². The molecule has 0 spiro atoms. The van der Waals surface area contributed by atoms with Gasteiger partial charge in [-0.2, -0.15) is 0 Å². The molecule has 158 valence electrons. The van der Waals surface area contributed by atoms with E-state index in [1.165, 1.54) is 11.1 Å². The summed E-state index contributed by atoms with van der Waals surface area (Å²) in [6, 6.07) is 8.65. The minimum Gasteiger partial charge on any atom is -0.385 e. The number of ether oxygens (including phenoxy) is 2. The lowest BCUT2D eigenvalue weighted by molar-refractivity contribution is 0.00989. The van der Waals surface area contributed by atoms with Crippen LogP contribution in [0.3, 0.4) is 0 Å². The minimum absolute atomic E-state index is 0.348. The van der Waals surface area contributed by atoms with Gasteiger partial charge in [0.05, 0.1) is 12.4 Å². The standard InChI is InChI=1S/C22H33N5O2/c1-23-22(27-10-7-21(8-11-27)29-14-4-13-28-2)25-16-19-5-3-6-20(15-19)17-26-12-9-24-18-26/h3,5-6,9,12,15,18,21H,4,7-8,10-11,13-14,16-17H2,1-2H3,(H,23,25). The molecular formula is C22H33N5O2. The second-order valence-electron chi connectivity index (χ2n) is 7.36. The number of hydrogen-bond acceptors (Lipinski definition) is 4. The van der Waals surface area contributed by atoms with Gasteiger partial charge < -0.3 is 24.3 Å². The van der Waals surface area contributed by atoms with Crippen molar-refractivity contribution in [3.05, 3.63) is 54.1 Å². The highest BCUT2D eigenvalue weighted by Gasteiger charge is 2.21. The first-order valence-electron chi connectivity index (χ1n) is 10.4. The van der Waals surface area contributed by atoms with Crippen molar-refractivity contribution in [2.75, 3.05) is 40.5 Å². The normalized spacial score (nSPS) is 15.7. The lowest BCUT2D eigenvalue weighted by atomic mass is 10.1. The van der Waals surface area contributed by atoms with E-state index < -0.39 is 0 Å². The van der Waals surface area contributed by atoms with Gasteiger partial charge in [0.2, 0.25) is 0 Å². The molecule has 0 radical (unpaired) electrons. The number of imidazole rings is 1. The van der Waals surface area contributed by atoms with E-state index in [-0.39, 0.29) is 0 Å². The van der Waals surface area contributed by atoms with Crippen LogP contribution in [0.2, 0.25) is 0 Å². The quantitative estimate of drug-likeness (QED) is 0.399. The first-order chi connectivity index (χ1) is 14.3. The Morgan fingerprint density at radius 1 is 1.24 bits per heavy atom. The molecule has 1 fully saturated rings. The van der Waals surface area contributed by atoms with Crippen LogP contribution in [0, 0.1) is 0 Å². The van der Waals surface area contributed by atoms with E-state index in [0.717, 1.165) is 64.6 Å². The maximum Gasteiger partial charge on any atom is 0.193 e. The average molecular weight is 400 g/mol. The third-order valence-corrected chi connectivity index (χ3v) is 5.17. The Kier molecular flexibility index (Phi) is 8.52. The zero-order valence-corrected chi connectivity index (χ0v) is 17.6. The third-order valence-electron chi connectivity index (χ3n) is 5.17. The number of rotatable bonds is 9. The number of guanidine groups is 1. The van der Waals surface area contributed by atoms with Crippen molar-refractivity contribution in [2.45, 2.75) is 38.5 Å². The van der Waals surface area contributed by atoms with E-state index in [1.54, 1.807) is 7.11 Å². The van der Waals surface area contributed by atoms with Gasteiger partial charge in [-0.25, -0.2) is 4.98 Å². The summed E-state index contributed by atoms with van der Waals surface area (Å²) in [7, 11) is 3.58. The van der Waals surface area contributed by atoms with Crippen molar-refractivity contribution in [3.63, 3.8) is 0 Å². The van der Waals surface area contributed by atoms with Gasteiger partial charge >= 0.3 is 0 Å². The average Bonchev–Trinajstić information content (AvgIpc) is 3.26. The Bertz CT molecular complexity index is 739.